The predicted octanol–water partition coefficient (Wildman–Crippen LogP) is 5.65. The van der Waals surface area contributed by atoms with Gasteiger partial charge in [0.15, 0.2) is 0 Å². The lowest BCUT2D eigenvalue weighted by Gasteiger charge is -2.28. The fourth-order valence-electron chi connectivity index (χ4n) is 2.56. The van der Waals surface area contributed by atoms with E-state index in [1.165, 1.54) is 11.1 Å². The van der Waals surface area contributed by atoms with Crippen molar-refractivity contribution in [2.75, 3.05) is 0 Å². The number of rotatable bonds is 1. The largest absolute Gasteiger partial charge is 0.507 e. The first-order valence-corrected chi connectivity index (χ1v) is 7.54. The van der Waals surface area contributed by atoms with Gasteiger partial charge in [0.1, 0.15) is 5.75 Å². The third-order valence-electron chi connectivity index (χ3n) is 3.85. The first-order valence-electron chi connectivity index (χ1n) is 7.54. The maximum absolute atomic E-state index is 10.7. The number of hydrogen-bond donors (Lipinski definition) is 1. The highest BCUT2D eigenvalue weighted by Gasteiger charge is 2.25. The molecule has 0 bridgehead atoms. The summed E-state index contributed by atoms with van der Waals surface area (Å²) in [4.78, 5) is 0. The van der Waals surface area contributed by atoms with Gasteiger partial charge in [0.25, 0.3) is 0 Å². The summed E-state index contributed by atoms with van der Waals surface area (Å²) in [7, 11) is 0. The summed E-state index contributed by atoms with van der Waals surface area (Å²) < 4.78 is 0. The number of hydrogen-bond acceptors (Lipinski definition) is 1. The van der Waals surface area contributed by atoms with Gasteiger partial charge in [-0.15, -0.1) is 0 Å². The van der Waals surface area contributed by atoms with Gasteiger partial charge < -0.3 is 5.11 Å². The second-order valence-corrected chi connectivity index (χ2v) is 7.78. The lowest BCUT2D eigenvalue weighted by Crippen LogP contribution is -2.17. The van der Waals surface area contributed by atoms with E-state index >= 15 is 0 Å². The summed E-state index contributed by atoms with van der Waals surface area (Å²) in [6, 6.07) is 14.3. The van der Waals surface area contributed by atoms with E-state index < -0.39 is 0 Å². The van der Waals surface area contributed by atoms with Gasteiger partial charge in [-0.25, -0.2) is 0 Å². The Balaban J connectivity index is 2.77. The SMILES string of the molecule is CC(C)(C)c1cc(O)c(-c2ccccc2)c(C(C)(C)C)c1. The highest BCUT2D eigenvalue weighted by Crippen LogP contribution is 2.42. The van der Waals surface area contributed by atoms with Crippen molar-refractivity contribution >= 4 is 0 Å². The van der Waals surface area contributed by atoms with E-state index in [1.807, 2.05) is 24.3 Å². The minimum absolute atomic E-state index is 0.0205. The zero-order valence-corrected chi connectivity index (χ0v) is 14.0. The van der Waals surface area contributed by atoms with Crippen molar-refractivity contribution in [1.29, 1.82) is 0 Å². The van der Waals surface area contributed by atoms with Crippen LogP contribution in [-0.2, 0) is 10.8 Å². The van der Waals surface area contributed by atoms with Crippen molar-refractivity contribution in [3.8, 4) is 16.9 Å². The number of aromatic hydroxyl groups is 1. The zero-order valence-electron chi connectivity index (χ0n) is 14.0. The predicted molar refractivity (Wildman–Crippen MR) is 90.9 cm³/mol. The van der Waals surface area contributed by atoms with Crippen LogP contribution in [0, 0.1) is 0 Å². The average molecular weight is 282 g/mol. The minimum atomic E-state index is -0.0239. The molecule has 2 rings (SSSR count). The van der Waals surface area contributed by atoms with Gasteiger partial charge >= 0.3 is 0 Å². The lowest BCUT2D eigenvalue weighted by atomic mass is 9.77. The van der Waals surface area contributed by atoms with Crippen LogP contribution in [0.3, 0.4) is 0 Å². The third kappa shape index (κ3) is 3.29. The Hall–Kier alpha value is -1.76. The van der Waals surface area contributed by atoms with Crippen molar-refractivity contribution in [2.45, 2.75) is 52.4 Å². The van der Waals surface area contributed by atoms with Crippen LogP contribution in [0.5, 0.6) is 5.75 Å². The van der Waals surface area contributed by atoms with Gasteiger partial charge in [-0.2, -0.15) is 0 Å². The first kappa shape index (κ1) is 15.6. The molecule has 0 saturated heterocycles. The summed E-state index contributed by atoms with van der Waals surface area (Å²) in [5.41, 5.74) is 4.39. The number of phenolic OH excluding ortho intramolecular Hbond substituents is 1. The maximum atomic E-state index is 10.7. The molecular formula is C20H26O. The summed E-state index contributed by atoms with van der Waals surface area (Å²) in [5, 5.41) is 10.7. The van der Waals surface area contributed by atoms with Crippen LogP contribution in [0.25, 0.3) is 11.1 Å². The fourth-order valence-corrected chi connectivity index (χ4v) is 2.56. The molecule has 112 valence electrons. The van der Waals surface area contributed by atoms with E-state index in [1.54, 1.807) is 0 Å². The Kier molecular flexibility index (Phi) is 3.88. The van der Waals surface area contributed by atoms with Crippen molar-refractivity contribution in [3.05, 3.63) is 53.6 Å². The molecule has 0 aromatic heterocycles. The molecule has 0 spiro atoms. The molecule has 0 radical (unpaired) electrons. The van der Waals surface area contributed by atoms with Crippen LogP contribution < -0.4 is 0 Å². The fraction of sp³-hybridized carbons (Fsp3) is 0.400. The number of benzene rings is 2. The molecule has 1 heteroatoms. The van der Waals surface area contributed by atoms with Gasteiger partial charge in [0, 0.05) is 5.56 Å². The van der Waals surface area contributed by atoms with Gasteiger partial charge in [0.2, 0.25) is 0 Å². The minimum Gasteiger partial charge on any atom is -0.507 e. The van der Waals surface area contributed by atoms with Crippen LogP contribution in [-0.4, -0.2) is 5.11 Å². The monoisotopic (exact) mass is 282 g/mol. The Morgan fingerprint density at radius 3 is 1.81 bits per heavy atom. The molecule has 0 amide bonds. The van der Waals surface area contributed by atoms with Gasteiger partial charge in [-0.1, -0.05) is 77.9 Å². The molecule has 0 aliphatic heterocycles. The molecule has 0 fully saturated rings. The van der Waals surface area contributed by atoms with E-state index in [2.05, 4.69) is 59.7 Å². The molecule has 2 aromatic carbocycles. The summed E-state index contributed by atoms with van der Waals surface area (Å²) in [6.07, 6.45) is 0. The summed E-state index contributed by atoms with van der Waals surface area (Å²) in [6.45, 7) is 13.1. The van der Waals surface area contributed by atoms with Crippen LogP contribution in [0.1, 0.15) is 52.7 Å². The second-order valence-electron chi connectivity index (χ2n) is 7.78. The van der Waals surface area contributed by atoms with Gasteiger partial charge in [-0.05, 0) is 33.6 Å². The zero-order chi connectivity index (χ0) is 15.8. The van der Waals surface area contributed by atoms with Gasteiger partial charge in [-0.3, -0.25) is 0 Å². The standard InChI is InChI=1S/C20H26O/c1-19(2,3)15-12-16(20(4,5)6)18(17(21)13-15)14-10-8-7-9-11-14/h7-13,21H,1-6H3. The van der Waals surface area contributed by atoms with Crippen LogP contribution >= 0.6 is 0 Å². The van der Waals surface area contributed by atoms with Crippen LogP contribution in [0.4, 0.5) is 0 Å². The lowest BCUT2D eigenvalue weighted by molar-refractivity contribution is 0.468. The van der Waals surface area contributed by atoms with E-state index in [4.69, 9.17) is 0 Å². The Bertz CT molecular complexity index is 625. The van der Waals surface area contributed by atoms with E-state index in [0.717, 1.165) is 11.1 Å². The molecule has 0 aliphatic rings. The summed E-state index contributed by atoms with van der Waals surface area (Å²) >= 11 is 0. The van der Waals surface area contributed by atoms with Crippen molar-refractivity contribution < 1.29 is 5.11 Å². The van der Waals surface area contributed by atoms with Crippen molar-refractivity contribution in [3.63, 3.8) is 0 Å². The average Bonchev–Trinajstić information content (AvgIpc) is 2.36. The molecule has 1 N–H and O–H groups in total. The molecule has 0 aliphatic carbocycles. The molecule has 1 nitrogen and oxygen atoms in total. The quantitative estimate of drug-likeness (QED) is 0.716. The smallest absolute Gasteiger partial charge is 0.123 e. The maximum Gasteiger partial charge on any atom is 0.123 e. The normalized spacial score (nSPS) is 12.5. The van der Waals surface area contributed by atoms with Gasteiger partial charge in [0.05, 0.1) is 0 Å². The highest BCUT2D eigenvalue weighted by molar-refractivity contribution is 5.75. The second kappa shape index (κ2) is 5.22. The molecule has 0 unspecified atom stereocenters. The molecular weight excluding hydrogens is 256 g/mol. The molecule has 0 saturated carbocycles. The number of phenols is 1. The summed E-state index contributed by atoms with van der Waals surface area (Å²) in [5.74, 6) is 0.374. The van der Waals surface area contributed by atoms with Crippen LogP contribution in [0.15, 0.2) is 42.5 Å². The van der Waals surface area contributed by atoms with Crippen LogP contribution in [0.2, 0.25) is 0 Å². The molecule has 2 aromatic rings. The molecule has 0 heterocycles. The van der Waals surface area contributed by atoms with Crippen molar-refractivity contribution in [1.82, 2.24) is 0 Å². The first-order chi connectivity index (χ1) is 9.60. The Labute approximate surface area is 128 Å². The van der Waals surface area contributed by atoms with E-state index in [-0.39, 0.29) is 10.8 Å². The molecule has 21 heavy (non-hydrogen) atoms. The van der Waals surface area contributed by atoms with E-state index in [0.29, 0.717) is 5.75 Å². The Morgan fingerprint density at radius 2 is 1.33 bits per heavy atom. The molecule has 0 atom stereocenters. The Morgan fingerprint density at radius 1 is 0.762 bits per heavy atom. The van der Waals surface area contributed by atoms with E-state index in [9.17, 15) is 5.11 Å². The van der Waals surface area contributed by atoms with Crippen molar-refractivity contribution in [2.24, 2.45) is 0 Å². The third-order valence-corrected chi connectivity index (χ3v) is 3.85. The topological polar surface area (TPSA) is 20.2 Å². The highest BCUT2D eigenvalue weighted by atomic mass is 16.3.